The molecule has 2 aromatic carbocycles. The first-order valence-corrected chi connectivity index (χ1v) is 10.2. The number of carbonyl (C=O) groups is 1. The van der Waals surface area contributed by atoms with Crippen LogP contribution in [0.3, 0.4) is 0 Å². The van der Waals surface area contributed by atoms with Crippen LogP contribution in [0.1, 0.15) is 32.8 Å². The number of ether oxygens (including phenoxy) is 2. The van der Waals surface area contributed by atoms with E-state index < -0.39 is 0 Å². The van der Waals surface area contributed by atoms with Crippen molar-refractivity contribution in [2.75, 3.05) is 6.61 Å². The second-order valence-electron chi connectivity index (χ2n) is 6.31. The van der Waals surface area contributed by atoms with Gasteiger partial charge in [-0.15, -0.1) is 0 Å². The number of thioether (sulfide) groups is 1. The van der Waals surface area contributed by atoms with Gasteiger partial charge in [-0.05, 0) is 80.1 Å². The Hall–Kier alpha value is -2.73. The summed E-state index contributed by atoms with van der Waals surface area (Å²) in [7, 11) is 0. The molecule has 0 unspecified atom stereocenters. The molecule has 1 N–H and O–H groups in total. The predicted molar refractivity (Wildman–Crippen MR) is 115 cm³/mol. The van der Waals surface area contributed by atoms with Crippen molar-refractivity contribution in [2.45, 2.75) is 33.3 Å². The zero-order chi connectivity index (χ0) is 19.9. The van der Waals surface area contributed by atoms with Crippen molar-refractivity contribution in [1.29, 1.82) is 0 Å². The predicted octanol–water partition coefficient (Wildman–Crippen LogP) is 5.15. The van der Waals surface area contributed by atoms with E-state index in [-0.39, 0.29) is 12.0 Å². The molecule has 1 heterocycles. The van der Waals surface area contributed by atoms with Crippen molar-refractivity contribution in [2.24, 2.45) is 4.99 Å². The Kier molecular flexibility index (Phi) is 6.76. The quantitative estimate of drug-likeness (QED) is 0.657. The number of amidine groups is 1. The van der Waals surface area contributed by atoms with Gasteiger partial charge in [0.25, 0.3) is 5.91 Å². The van der Waals surface area contributed by atoms with E-state index in [0.717, 1.165) is 29.2 Å². The van der Waals surface area contributed by atoms with Gasteiger partial charge < -0.3 is 14.8 Å². The van der Waals surface area contributed by atoms with Crippen LogP contribution in [-0.4, -0.2) is 23.8 Å². The Morgan fingerprint density at radius 1 is 1.07 bits per heavy atom. The van der Waals surface area contributed by atoms with Crippen LogP contribution >= 0.6 is 11.8 Å². The fourth-order valence-electron chi connectivity index (χ4n) is 2.49. The summed E-state index contributed by atoms with van der Waals surface area (Å²) < 4.78 is 11.2. The molecule has 0 saturated carbocycles. The lowest BCUT2D eigenvalue weighted by atomic mass is 10.2. The first-order valence-electron chi connectivity index (χ1n) is 9.36. The number of nitrogens with zero attached hydrogens (tertiary/aromatic N) is 1. The lowest BCUT2D eigenvalue weighted by Crippen LogP contribution is -2.19. The summed E-state index contributed by atoms with van der Waals surface area (Å²) in [4.78, 5) is 17.3. The molecule has 2 aromatic rings. The molecular weight excluding hydrogens is 372 g/mol. The number of hydrogen-bond donors (Lipinski definition) is 1. The summed E-state index contributed by atoms with van der Waals surface area (Å²) in [5, 5.41) is 3.37. The zero-order valence-electron chi connectivity index (χ0n) is 16.3. The van der Waals surface area contributed by atoms with Crippen LogP contribution in [0.25, 0.3) is 6.08 Å². The van der Waals surface area contributed by atoms with Gasteiger partial charge in [0, 0.05) is 0 Å². The molecule has 3 rings (SSSR count). The van der Waals surface area contributed by atoms with Crippen molar-refractivity contribution in [1.82, 2.24) is 5.32 Å². The number of amides is 1. The van der Waals surface area contributed by atoms with Gasteiger partial charge in [0.2, 0.25) is 0 Å². The van der Waals surface area contributed by atoms with Crippen LogP contribution in [0.5, 0.6) is 11.5 Å². The first kappa shape index (κ1) is 20.0. The largest absolute Gasteiger partial charge is 0.494 e. The highest BCUT2D eigenvalue weighted by atomic mass is 32.2. The average molecular weight is 397 g/mol. The monoisotopic (exact) mass is 396 g/mol. The number of carbonyl (C=O) groups excluding carboxylic acids is 1. The zero-order valence-corrected chi connectivity index (χ0v) is 17.1. The highest BCUT2D eigenvalue weighted by molar-refractivity contribution is 8.18. The molecule has 0 radical (unpaired) electrons. The van der Waals surface area contributed by atoms with E-state index >= 15 is 0 Å². The Labute approximate surface area is 169 Å². The summed E-state index contributed by atoms with van der Waals surface area (Å²) in [6.07, 6.45) is 2.99. The molecule has 0 aromatic heterocycles. The van der Waals surface area contributed by atoms with Crippen molar-refractivity contribution in [3.63, 3.8) is 0 Å². The molecule has 1 saturated heterocycles. The maximum Gasteiger partial charge on any atom is 0.264 e. The second-order valence-corrected chi connectivity index (χ2v) is 7.35. The fraction of sp³-hybridized carbons (Fsp3) is 0.273. The van der Waals surface area contributed by atoms with Crippen LogP contribution in [0.2, 0.25) is 0 Å². The number of rotatable bonds is 7. The fourth-order valence-corrected chi connectivity index (χ4v) is 3.33. The number of nitrogens with one attached hydrogen (secondary N) is 1. The molecule has 146 valence electrons. The summed E-state index contributed by atoms with van der Waals surface area (Å²) in [6.45, 7) is 6.70. The normalized spacial score (nSPS) is 17.6. The minimum absolute atomic E-state index is 0.144. The van der Waals surface area contributed by atoms with Gasteiger partial charge in [-0.25, -0.2) is 4.99 Å². The van der Waals surface area contributed by atoms with Crippen LogP contribution in [0.15, 0.2) is 58.4 Å². The van der Waals surface area contributed by atoms with Crippen LogP contribution < -0.4 is 14.8 Å². The lowest BCUT2D eigenvalue weighted by Gasteiger charge is -2.12. The first-order chi connectivity index (χ1) is 13.6. The molecular formula is C22H24N2O3S. The Balaban J connectivity index is 1.68. The molecule has 5 nitrogen and oxygen atoms in total. The van der Waals surface area contributed by atoms with E-state index in [1.54, 1.807) is 0 Å². The van der Waals surface area contributed by atoms with Crippen LogP contribution in [0.4, 0.5) is 5.69 Å². The number of hydrogen-bond acceptors (Lipinski definition) is 5. The van der Waals surface area contributed by atoms with Crippen molar-refractivity contribution in [3.8, 4) is 11.5 Å². The van der Waals surface area contributed by atoms with E-state index in [2.05, 4.69) is 17.2 Å². The van der Waals surface area contributed by atoms with E-state index in [9.17, 15) is 4.79 Å². The van der Waals surface area contributed by atoms with E-state index in [1.807, 2.05) is 68.5 Å². The second kappa shape index (κ2) is 9.46. The smallest absolute Gasteiger partial charge is 0.264 e. The van der Waals surface area contributed by atoms with Crippen molar-refractivity contribution >= 4 is 34.6 Å². The third-order valence-corrected chi connectivity index (χ3v) is 5.03. The van der Waals surface area contributed by atoms with Gasteiger partial charge in [-0.2, -0.15) is 0 Å². The molecule has 1 aliphatic rings. The minimum Gasteiger partial charge on any atom is -0.494 e. The highest BCUT2D eigenvalue weighted by Crippen LogP contribution is 2.29. The number of benzene rings is 2. The average Bonchev–Trinajstić information content (AvgIpc) is 3.04. The summed E-state index contributed by atoms with van der Waals surface area (Å²) in [5.74, 6) is 1.49. The van der Waals surface area contributed by atoms with Crippen molar-refractivity contribution < 1.29 is 14.3 Å². The molecule has 1 atom stereocenters. The van der Waals surface area contributed by atoms with Crippen LogP contribution in [0, 0.1) is 0 Å². The molecule has 6 heteroatoms. The van der Waals surface area contributed by atoms with Gasteiger partial charge in [0.05, 0.1) is 23.3 Å². The van der Waals surface area contributed by atoms with Gasteiger partial charge in [0.15, 0.2) is 5.17 Å². The van der Waals surface area contributed by atoms with Crippen molar-refractivity contribution in [3.05, 3.63) is 59.0 Å². The standard InChI is InChI=1S/C22H24N2O3S/c1-4-15(3)27-19-10-6-16(7-11-19)14-20-21(25)24-22(28-20)23-17-8-12-18(13-9-17)26-5-2/h6-15H,4-5H2,1-3H3,(H,23,24,25)/b20-14+/t15-/m0/s1. The van der Waals surface area contributed by atoms with Gasteiger partial charge >= 0.3 is 0 Å². The molecule has 0 spiro atoms. The third kappa shape index (κ3) is 5.39. The summed E-state index contributed by atoms with van der Waals surface area (Å²) in [6, 6.07) is 15.2. The Morgan fingerprint density at radius 2 is 1.75 bits per heavy atom. The topological polar surface area (TPSA) is 59.9 Å². The third-order valence-electron chi connectivity index (χ3n) is 4.12. The molecule has 1 aliphatic heterocycles. The molecule has 1 fully saturated rings. The van der Waals surface area contributed by atoms with Crippen LogP contribution in [-0.2, 0) is 4.79 Å². The lowest BCUT2D eigenvalue weighted by molar-refractivity contribution is -0.115. The Morgan fingerprint density at radius 3 is 2.39 bits per heavy atom. The molecule has 0 bridgehead atoms. The SMILES string of the molecule is CCOc1ccc(N=C2NC(=O)/C(=C\c3ccc(O[C@@H](C)CC)cc3)S2)cc1. The van der Waals surface area contributed by atoms with E-state index in [1.165, 1.54) is 11.8 Å². The van der Waals surface area contributed by atoms with E-state index in [0.29, 0.717) is 16.7 Å². The minimum atomic E-state index is -0.144. The Bertz CT molecular complexity index is 874. The molecule has 0 aliphatic carbocycles. The number of aliphatic imine (C=N–C) groups is 1. The molecule has 1 amide bonds. The van der Waals surface area contributed by atoms with E-state index in [4.69, 9.17) is 9.47 Å². The highest BCUT2D eigenvalue weighted by Gasteiger charge is 2.23. The van der Waals surface area contributed by atoms with Gasteiger partial charge in [-0.3, -0.25) is 4.79 Å². The molecule has 28 heavy (non-hydrogen) atoms. The summed E-state index contributed by atoms with van der Waals surface area (Å²) in [5.41, 5.74) is 1.70. The maximum absolute atomic E-state index is 12.2. The van der Waals surface area contributed by atoms with Gasteiger partial charge in [-0.1, -0.05) is 19.1 Å². The maximum atomic E-state index is 12.2. The van der Waals surface area contributed by atoms with Gasteiger partial charge in [0.1, 0.15) is 11.5 Å². The summed E-state index contributed by atoms with van der Waals surface area (Å²) >= 11 is 1.33.